The zero-order chi connectivity index (χ0) is 8.82. The molecule has 2 rings (SSSR count). The van der Waals surface area contributed by atoms with E-state index >= 15 is 0 Å². The molecule has 0 spiro atoms. The first-order valence-corrected chi connectivity index (χ1v) is 5.82. The summed E-state index contributed by atoms with van der Waals surface area (Å²) in [4.78, 5) is 0. The Bertz CT molecular complexity index is 331. The minimum Gasteiger partial charge on any atom is -0.227 e. The maximum atomic E-state index is 11.7. The zero-order valence-corrected chi connectivity index (χ0v) is 7.60. The molecule has 66 valence electrons. The van der Waals surface area contributed by atoms with Crippen LogP contribution in [0, 0.1) is 11.3 Å². The Balaban J connectivity index is 2.27. The highest BCUT2D eigenvalue weighted by Gasteiger charge is 2.58. The summed E-state index contributed by atoms with van der Waals surface area (Å²) in [6, 6.07) is 1.95. The molecule has 4 heteroatoms. The molecule has 0 bridgehead atoms. The van der Waals surface area contributed by atoms with Crippen LogP contribution < -0.4 is 0 Å². The van der Waals surface area contributed by atoms with Gasteiger partial charge < -0.3 is 0 Å². The van der Waals surface area contributed by atoms with E-state index in [1.807, 2.05) is 6.07 Å². The predicted octanol–water partition coefficient (Wildman–Crippen LogP) is 1.01. The van der Waals surface area contributed by atoms with Crippen molar-refractivity contribution in [2.75, 3.05) is 0 Å². The Hall–Kier alpha value is -0.560. The monoisotopic (exact) mass is 185 g/mol. The summed E-state index contributed by atoms with van der Waals surface area (Å²) in [6.07, 6.45) is 3.66. The van der Waals surface area contributed by atoms with Crippen LogP contribution in [-0.2, 0) is 9.84 Å². The third-order valence-electron chi connectivity index (χ3n) is 2.94. The average Bonchev–Trinajstić information content (AvgIpc) is 2.60. The molecule has 0 N–H and O–H groups in total. The van der Waals surface area contributed by atoms with Gasteiger partial charge in [0.2, 0.25) is 0 Å². The van der Waals surface area contributed by atoms with Gasteiger partial charge in [-0.05, 0) is 25.7 Å². The SMILES string of the molecule is N#CC1(S(=O)(=O)C2CCC2)CC1. The molecule has 2 fully saturated rings. The molecule has 0 heterocycles. The number of sulfone groups is 1. The topological polar surface area (TPSA) is 57.9 Å². The van der Waals surface area contributed by atoms with Gasteiger partial charge >= 0.3 is 0 Å². The summed E-state index contributed by atoms with van der Waals surface area (Å²) >= 11 is 0. The molecular formula is C8H11NO2S. The molecule has 0 aromatic heterocycles. The van der Waals surface area contributed by atoms with Gasteiger partial charge in [0.1, 0.15) is 0 Å². The van der Waals surface area contributed by atoms with Crippen LogP contribution in [0.4, 0.5) is 0 Å². The first-order chi connectivity index (χ1) is 5.62. The predicted molar refractivity (Wildman–Crippen MR) is 44.1 cm³/mol. The Morgan fingerprint density at radius 1 is 1.33 bits per heavy atom. The molecule has 0 aromatic carbocycles. The van der Waals surface area contributed by atoms with Crippen molar-refractivity contribution in [2.24, 2.45) is 0 Å². The largest absolute Gasteiger partial charge is 0.227 e. The van der Waals surface area contributed by atoms with E-state index in [0.717, 1.165) is 19.3 Å². The lowest BCUT2D eigenvalue weighted by molar-refractivity contribution is 0.472. The fourth-order valence-electron chi connectivity index (χ4n) is 1.57. The van der Waals surface area contributed by atoms with Gasteiger partial charge in [-0.1, -0.05) is 6.42 Å². The van der Waals surface area contributed by atoms with E-state index in [1.165, 1.54) is 0 Å². The normalized spacial score (nSPS) is 27.2. The van der Waals surface area contributed by atoms with Crippen LogP contribution in [0.3, 0.4) is 0 Å². The quantitative estimate of drug-likeness (QED) is 0.645. The second kappa shape index (κ2) is 2.23. The molecule has 2 aliphatic rings. The highest BCUT2D eigenvalue weighted by atomic mass is 32.2. The smallest absolute Gasteiger partial charge is 0.172 e. The third-order valence-corrected chi connectivity index (χ3v) is 5.88. The van der Waals surface area contributed by atoms with Gasteiger partial charge in [-0.2, -0.15) is 5.26 Å². The first kappa shape index (κ1) is 8.06. The van der Waals surface area contributed by atoms with Crippen molar-refractivity contribution >= 4 is 9.84 Å². The number of nitrogens with zero attached hydrogens (tertiary/aromatic N) is 1. The molecule has 2 aliphatic carbocycles. The molecule has 3 nitrogen and oxygen atoms in total. The second-order valence-corrected chi connectivity index (χ2v) is 6.24. The molecule has 0 unspecified atom stereocenters. The van der Waals surface area contributed by atoms with Gasteiger partial charge in [0, 0.05) is 0 Å². The average molecular weight is 185 g/mol. The number of rotatable bonds is 2. The molecular weight excluding hydrogens is 174 g/mol. The Labute approximate surface area is 72.3 Å². The fraction of sp³-hybridized carbons (Fsp3) is 0.875. The molecule has 2 saturated carbocycles. The standard InChI is InChI=1S/C8H11NO2S/c9-6-8(4-5-8)12(10,11)7-2-1-3-7/h7H,1-5H2. The van der Waals surface area contributed by atoms with Crippen LogP contribution in [0.25, 0.3) is 0 Å². The minimum atomic E-state index is -3.10. The van der Waals surface area contributed by atoms with Crippen LogP contribution in [0.2, 0.25) is 0 Å². The lowest BCUT2D eigenvalue weighted by atomic mass is 10.00. The summed E-state index contributed by atoms with van der Waals surface area (Å²) in [6.45, 7) is 0. The molecule has 0 aliphatic heterocycles. The highest BCUT2D eigenvalue weighted by molar-refractivity contribution is 7.94. The third kappa shape index (κ3) is 0.831. The molecule has 0 saturated heterocycles. The summed E-state index contributed by atoms with van der Waals surface area (Å²) in [5, 5.41) is 8.54. The second-order valence-electron chi connectivity index (χ2n) is 3.70. The van der Waals surface area contributed by atoms with Crippen LogP contribution >= 0.6 is 0 Å². The molecule has 12 heavy (non-hydrogen) atoms. The minimum absolute atomic E-state index is 0.195. The molecule has 0 aromatic rings. The van der Waals surface area contributed by atoms with Crippen molar-refractivity contribution in [1.82, 2.24) is 0 Å². The summed E-state index contributed by atoms with van der Waals surface area (Å²) in [5.41, 5.74) is 0. The van der Waals surface area contributed by atoms with E-state index in [2.05, 4.69) is 0 Å². The van der Waals surface area contributed by atoms with Gasteiger partial charge in [0.05, 0.1) is 11.3 Å². The zero-order valence-electron chi connectivity index (χ0n) is 6.78. The van der Waals surface area contributed by atoms with Gasteiger partial charge in [-0.25, -0.2) is 8.42 Å². The number of hydrogen-bond donors (Lipinski definition) is 0. The van der Waals surface area contributed by atoms with E-state index in [1.54, 1.807) is 0 Å². The van der Waals surface area contributed by atoms with Gasteiger partial charge in [0.25, 0.3) is 0 Å². The van der Waals surface area contributed by atoms with Gasteiger partial charge in [0.15, 0.2) is 14.6 Å². The van der Waals surface area contributed by atoms with E-state index < -0.39 is 14.6 Å². The van der Waals surface area contributed by atoms with Crippen LogP contribution in [0.1, 0.15) is 32.1 Å². The van der Waals surface area contributed by atoms with Crippen LogP contribution in [0.15, 0.2) is 0 Å². The van der Waals surface area contributed by atoms with Crippen molar-refractivity contribution in [1.29, 1.82) is 5.26 Å². The molecule has 0 atom stereocenters. The van der Waals surface area contributed by atoms with Crippen molar-refractivity contribution in [2.45, 2.75) is 42.1 Å². The Morgan fingerprint density at radius 2 is 1.92 bits per heavy atom. The molecule has 0 radical (unpaired) electrons. The van der Waals surface area contributed by atoms with E-state index in [0.29, 0.717) is 12.8 Å². The lowest BCUT2D eigenvalue weighted by Crippen LogP contribution is -2.37. The highest BCUT2D eigenvalue weighted by Crippen LogP contribution is 2.48. The maximum absolute atomic E-state index is 11.7. The van der Waals surface area contributed by atoms with Gasteiger partial charge in [-0.15, -0.1) is 0 Å². The van der Waals surface area contributed by atoms with Crippen LogP contribution in [0.5, 0.6) is 0 Å². The number of hydrogen-bond acceptors (Lipinski definition) is 3. The van der Waals surface area contributed by atoms with Gasteiger partial charge in [-0.3, -0.25) is 0 Å². The van der Waals surface area contributed by atoms with Crippen molar-refractivity contribution in [3.63, 3.8) is 0 Å². The first-order valence-electron chi connectivity index (χ1n) is 4.27. The van der Waals surface area contributed by atoms with Crippen molar-refractivity contribution < 1.29 is 8.42 Å². The summed E-state index contributed by atoms with van der Waals surface area (Å²) in [7, 11) is -3.10. The maximum Gasteiger partial charge on any atom is 0.172 e. The fourth-order valence-corrected chi connectivity index (χ4v) is 3.96. The lowest BCUT2D eigenvalue weighted by Gasteiger charge is -2.27. The summed E-state index contributed by atoms with van der Waals surface area (Å²) in [5.74, 6) is 0. The van der Waals surface area contributed by atoms with E-state index in [9.17, 15) is 8.42 Å². The molecule has 0 amide bonds. The Morgan fingerprint density at radius 3 is 2.17 bits per heavy atom. The van der Waals surface area contributed by atoms with Crippen LogP contribution in [-0.4, -0.2) is 18.4 Å². The van der Waals surface area contributed by atoms with E-state index in [4.69, 9.17) is 5.26 Å². The Kier molecular flexibility index (Phi) is 1.50. The van der Waals surface area contributed by atoms with Crippen molar-refractivity contribution in [3.8, 4) is 6.07 Å². The van der Waals surface area contributed by atoms with E-state index in [-0.39, 0.29) is 5.25 Å². The van der Waals surface area contributed by atoms with Crippen molar-refractivity contribution in [3.05, 3.63) is 0 Å². The summed E-state index contributed by atoms with van der Waals surface area (Å²) < 4.78 is 22.5. The number of nitriles is 1.